The number of hydrogen-bond acceptors (Lipinski definition) is 2. The molecule has 1 aromatic carbocycles. The molecule has 0 amide bonds. The second-order valence-electron chi connectivity index (χ2n) is 5.95. The summed E-state index contributed by atoms with van der Waals surface area (Å²) >= 11 is 0. The Morgan fingerprint density at radius 3 is 2.30 bits per heavy atom. The topological polar surface area (TPSA) is 44.9 Å². The number of halogens is 1. The SMILES string of the molecule is CCN(CC)Cc1ccccc1CN=C(N)N1CCCCC1.I. The van der Waals surface area contributed by atoms with E-state index in [0.717, 1.165) is 32.7 Å². The van der Waals surface area contributed by atoms with Crippen LogP contribution in [0.1, 0.15) is 44.2 Å². The van der Waals surface area contributed by atoms with Gasteiger partial charge in [-0.2, -0.15) is 0 Å². The Kier molecular flexibility index (Phi) is 9.55. The molecule has 130 valence electrons. The zero-order chi connectivity index (χ0) is 15.8. The van der Waals surface area contributed by atoms with Crippen molar-refractivity contribution >= 4 is 29.9 Å². The number of nitrogens with zero attached hydrogens (tertiary/aromatic N) is 3. The number of guanidine groups is 1. The van der Waals surface area contributed by atoms with Gasteiger partial charge < -0.3 is 10.6 Å². The van der Waals surface area contributed by atoms with Gasteiger partial charge in [-0.05, 0) is 43.5 Å². The van der Waals surface area contributed by atoms with Crippen LogP contribution >= 0.6 is 24.0 Å². The third kappa shape index (κ3) is 6.30. The molecule has 23 heavy (non-hydrogen) atoms. The standard InChI is InChI=1S/C18H30N4.HI/c1-3-21(4-2)15-17-11-7-6-10-16(17)14-20-18(19)22-12-8-5-9-13-22;/h6-7,10-11H,3-5,8-9,12-15H2,1-2H3,(H2,19,20);1H. The van der Waals surface area contributed by atoms with Crippen molar-refractivity contribution in [1.29, 1.82) is 0 Å². The number of likely N-dealkylation sites (tertiary alicyclic amines) is 1. The summed E-state index contributed by atoms with van der Waals surface area (Å²) in [4.78, 5) is 9.29. The molecule has 1 heterocycles. The van der Waals surface area contributed by atoms with Crippen LogP contribution in [0.15, 0.2) is 29.3 Å². The van der Waals surface area contributed by atoms with E-state index in [1.807, 2.05) is 0 Å². The Bertz CT molecular complexity index is 480. The van der Waals surface area contributed by atoms with Gasteiger partial charge >= 0.3 is 0 Å². The maximum Gasteiger partial charge on any atom is 0.191 e. The number of benzene rings is 1. The molecule has 0 aliphatic carbocycles. The van der Waals surface area contributed by atoms with Crippen molar-refractivity contribution in [2.24, 2.45) is 10.7 Å². The summed E-state index contributed by atoms with van der Waals surface area (Å²) in [5.41, 5.74) is 8.81. The first-order valence-corrected chi connectivity index (χ1v) is 8.58. The third-order valence-corrected chi connectivity index (χ3v) is 4.50. The largest absolute Gasteiger partial charge is 0.370 e. The van der Waals surface area contributed by atoms with Gasteiger partial charge in [-0.3, -0.25) is 4.90 Å². The fourth-order valence-electron chi connectivity index (χ4n) is 2.94. The molecule has 5 heteroatoms. The molecular formula is C18H31IN4. The van der Waals surface area contributed by atoms with Crippen LogP contribution in [0.5, 0.6) is 0 Å². The van der Waals surface area contributed by atoms with E-state index < -0.39 is 0 Å². The monoisotopic (exact) mass is 430 g/mol. The van der Waals surface area contributed by atoms with E-state index in [4.69, 9.17) is 5.73 Å². The third-order valence-electron chi connectivity index (χ3n) is 4.50. The molecule has 0 radical (unpaired) electrons. The summed E-state index contributed by atoms with van der Waals surface area (Å²) < 4.78 is 0. The highest BCUT2D eigenvalue weighted by Crippen LogP contribution is 2.14. The Morgan fingerprint density at radius 1 is 1.09 bits per heavy atom. The second-order valence-corrected chi connectivity index (χ2v) is 5.95. The van der Waals surface area contributed by atoms with Crippen LogP contribution in [0, 0.1) is 0 Å². The molecule has 0 spiro atoms. The van der Waals surface area contributed by atoms with E-state index in [1.165, 1.54) is 30.4 Å². The molecule has 1 saturated heterocycles. The van der Waals surface area contributed by atoms with E-state index in [0.29, 0.717) is 12.5 Å². The first-order chi connectivity index (χ1) is 10.7. The highest BCUT2D eigenvalue weighted by molar-refractivity contribution is 14.0. The Morgan fingerprint density at radius 2 is 1.70 bits per heavy atom. The van der Waals surface area contributed by atoms with Crippen molar-refractivity contribution in [1.82, 2.24) is 9.80 Å². The van der Waals surface area contributed by atoms with Crippen molar-refractivity contribution in [3.8, 4) is 0 Å². The van der Waals surface area contributed by atoms with E-state index in [2.05, 4.69) is 52.9 Å². The van der Waals surface area contributed by atoms with Gasteiger partial charge in [0.2, 0.25) is 0 Å². The lowest BCUT2D eigenvalue weighted by Crippen LogP contribution is -2.40. The molecule has 4 nitrogen and oxygen atoms in total. The van der Waals surface area contributed by atoms with Crippen LogP contribution in [0.4, 0.5) is 0 Å². The predicted molar refractivity (Wildman–Crippen MR) is 109 cm³/mol. The van der Waals surface area contributed by atoms with Crippen molar-refractivity contribution in [3.63, 3.8) is 0 Å². The molecular weight excluding hydrogens is 399 g/mol. The van der Waals surface area contributed by atoms with Gasteiger partial charge in [0, 0.05) is 19.6 Å². The van der Waals surface area contributed by atoms with E-state index >= 15 is 0 Å². The number of nitrogens with two attached hydrogens (primary N) is 1. The highest BCUT2D eigenvalue weighted by Gasteiger charge is 2.12. The number of hydrogen-bond donors (Lipinski definition) is 1. The van der Waals surface area contributed by atoms with Crippen molar-refractivity contribution in [2.45, 2.75) is 46.2 Å². The lowest BCUT2D eigenvalue weighted by atomic mass is 10.1. The molecule has 0 bridgehead atoms. The van der Waals surface area contributed by atoms with Gasteiger partial charge in [0.25, 0.3) is 0 Å². The second kappa shape index (κ2) is 10.9. The quantitative estimate of drug-likeness (QED) is 0.427. The lowest BCUT2D eigenvalue weighted by molar-refractivity contribution is 0.295. The Labute approximate surface area is 158 Å². The highest BCUT2D eigenvalue weighted by atomic mass is 127. The minimum atomic E-state index is 0. The molecule has 1 fully saturated rings. The van der Waals surface area contributed by atoms with Crippen LogP contribution in [0.25, 0.3) is 0 Å². The van der Waals surface area contributed by atoms with Gasteiger partial charge in [0.1, 0.15) is 0 Å². The molecule has 0 unspecified atom stereocenters. The average Bonchev–Trinajstić information content (AvgIpc) is 2.59. The fraction of sp³-hybridized carbons (Fsp3) is 0.611. The van der Waals surface area contributed by atoms with Crippen molar-refractivity contribution in [3.05, 3.63) is 35.4 Å². The van der Waals surface area contributed by atoms with E-state index in [9.17, 15) is 0 Å². The first-order valence-electron chi connectivity index (χ1n) is 8.58. The predicted octanol–water partition coefficient (Wildman–Crippen LogP) is 3.45. The van der Waals surface area contributed by atoms with Gasteiger partial charge in [-0.15, -0.1) is 24.0 Å². The number of piperidine rings is 1. The normalized spacial score (nSPS) is 15.6. The molecule has 1 aromatic rings. The Hall–Kier alpha value is -0.820. The van der Waals surface area contributed by atoms with Crippen LogP contribution in [-0.4, -0.2) is 41.9 Å². The summed E-state index contributed by atoms with van der Waals surface area (Å²) in [7, 11) is 0. The van der Waals surface area contributed by atoms with Gasteiger partial charge in [0.05, 0.1) is 6.54 Å². The average molecular weight is 430 g/mol. The zero-order valence-corrected chi connectivity index (χ0v) is 16.8. The number of rotatable bonds is 6. The minimum Gasteiger partial charge on any atom is -0.370 e. The Balaban J connectivity index is 0.00000264. The summed E-state index contributed by atoms with van der Waals surface area (Å²) in [6.07, 6.45) is 3.78. The molecule has 0 saturated carbocycles. The molecule has 1 aliphatic heterocycles. The van der Waals surface area contributed by atoms with E-state index in [-0.39, 0.29) is 24.0 Å². The lowest BCUT2D eigenvalue weighted by Gasteiger charge is -2.27. The van der Waals surface area contributed by atoms with Crippen LogP contribution in [0.3, 0.4) is 0 Å². The summed E-state index contributed by atoms with van der Waals surface area (Å²) in [5.74, 6) is 0.706. The minimum absolute atomic E-state index is 0. The molecule has 2 N–H and O–H groups in total. The van der Waals surface area contributed by atoms with Crippen LogP contribution < -0.4 is 5.73 Å². The van der Waals surface area contributed by atoms with Gasteiger partial charge in [-0.1, -0.05) is 38.1 Å². The fourth-order valence-corrected chi connectivity index (χ4v) is 2.94. The van der Waals surface area contributed by atoms with Crippen LogP contribution in [0.2, 0.25) is 0 Å². The summed E-state index contributed by atoms with van der Waals surface area (Å²) in [6.45, 7) is 10.3. The van der Waals surface area contributed by atoms with Gasteiger partial charge in [0.15, 0.2) is 5.96 Å². The summed E-state index contributed by atoms with van der Waals surface area (Å²) in [6, 6.07) is 8.58. The molecule has 0 aromatic heterocycles. The maximum atomic E-state index is 6.17. The van der Waals surface area contributed by atoms with Crippen molar-refractivity contribution < 1.29 is 0 Å². The van der Waals surface area contributed by atoms with Crippen molar-refractivity contribution in [2.75, 3.05) is 26.2 Å². The van der Waals surface area contributed by atoms with Gasteiger partial charge in [-0.25, -0.2) is 4.99 Å². The zero-order valence-electron chi connectivity index (χ0n) is 14.5. The molecule has 1 aliphatic rings. The molecule has 2 rings (SSSR count). The first kappa shape index (κ1) is 20.2. The van der Waals surface area contributed by atoms with Crippen LogP contribution in [-0.2, 0) is 13.1 Å². The van der Waals surface area contributed by atoms with E-state index in [1.54, 1.807) is 0 Å². The smallest absolute Gasteiger partial charge is 0.191 e. The maximum absolute atomic E-state index is 6.17. The summed E-state index contributed by atoms with van der Waals surface area (Å²) in [5, 5.41) is 0. The molecule has 0 atom stereocenters. The number of aliphatic imine (C=N–C) groups is 1.